The van der Waals surface area contributed by atoms with E-state index >= 15 is 0 Å². The summed E-state index contributed by atoms with van der Waals surface area (Å²) in [6, 6.07) is 13.6. The summed E-state index contributed by atoms with van der Waals surface area (Å²) in [7, 11) is 1.61. The molecule has 0 saturated heterocycles. The van der Waals surface area contributed by atoms with Crippen LogP contribution >= 0.6 is 34.0 Å². The molecular formula is C21H15N3O2S3. The maximum absolute atomic E-state index is 13.1. The SMILES string of the molecule is COc1ccc(-c2csc(N)c2C(=O)Nc2scc(-c3cccs3)c2C#N)cc1. The van der Waals surface area contributed by atoms with Gasteiger partial charge in [0.15, 0.2) is 0 Å². The number of methoxy groups -OCH3 is 1. The first-order valence-electron chi connectivity index (χ1n) is 8.50. The molecule has 0 unspecified atom stereocenters. The van der Waals surface area contributed by atoms with Crippen LogP contribution in [0.3, 0.4) is 0 Å². The Labute approximate surface area is 179 Å². The Morgan fingerprint density at radius 2 is 1.86 bits per heavy atom. The first kappa shape index (κ1) is 19.2. The standard InChI is InChI=1S/C21H15N3O2S3/c1-26-13-6-4-12(5-7-13)15-10-28-19(23)18(15)20(25)24-21-14(9-22)16(11-29-21)17-3-2-8-27-17/h2-8,10-11H,23H2,1H3,(H,24,25). The Kier molecular flexibility index (Phi) is 5.36. The van der Waals surface area contributed by atoms with Crippen LogP contribution in [0.1, 0.15) is 15.9 Å². The lowest BCUT2D eigenvalue weighted by Gasteiger charge is -2.08. The molecule has 0 bridgehead atoms. The van der Waals surface area contributed by atoms with Gasteiger partial charge >= 0.3 is 0 Å². The fourth-order valence-electron chi connectivity index (χ4n) is 2.93. The van der Waals surface area contributed by atoms with E-state index in [-0.39, 0.29) is 5.91 Å². The molecule has 29 heavy (non-hydrogen) atoms. The molecule has 0 radical (unpaired) electrons. The summed E-state index contributed by atoms with van der Waals surface area (Å²) in [5.74, 6) is 0.409. The van der Waals surface area contributed by atoms with Crippen molar-refractivity contribution >= 4 is 49.9 Å². The lowest BCUT2D eigenvalue weighted by atomic mass is 10.0. The van der Waals surface area contributed by atoms with Gasteiger partial charge in [-0.3, -0.25) is 4.79 Å². The summed E-state index contributed by atoms with van der Waals surface area (Å²) in [5, 5.41) is 19.2. The predicted octanol–water partition coefficient (Wildman–Crippen LogP) is 5.92. The van der Waals surface area contributed by atoms with E-state index in [0.29, 0.717) is 21.1 Å². The van der Waals surface area contributed by atoms with Crippen LogP contribution < -0.4 is 15.8 Å². The summed E-state index contributed by atoms with van der Waals surface area (Å²) < 4.78 is 5.20. The summed E-state index contributed by atoms with van der Waals surface area (Å²) in [6.07, 6.45) is 0. The number of benzene rings is 1. The quantitative estimate of drug-likeness (QED) is 0.406. The van der Waals surface area contributed by atoms with E-state index in [0.717, 1.165) is 27.3 Å². The third-order valence-corrected chi connectivity index (χ3v) is 6.97. The zero-order valence-electron chi connectivity index (χ0n) is 15.3. The molecule has 1 amide bonds. The van der Waals surface area contributed by atoms with Gasteiger partial charge in [-0.1, -0.05) is 18.2 Å². The Balaban J connectivity index is 1.67. The van der Waals surface area contributed by atoms with Crippen LogP contribution in [0, 0.1) is 11.3 Å². The highest BCUT2D eigenvalue weighted by atomic mass is 32.1. The van der Waals surface area contributed by atoms with Gasteiger partial charge < -0.3 is 15.8 Å². The average Bonchev–Trinajstić information content (AvgIpc) is 3.47. The molecule has 3 aromatic heterocycles. The van der Waals surface area contributed by atoms with Gasteiger partial charge in [-0.05, 0) is 29.1 Å². The predicted molar refractivity (Wildman–Crippen MR) is 121 cm³/mol. The number of nitriles is 1. The molecule has 4 rings (SSSR count). The number of nitrogens with one attached hydrogen (secondary N) is 1. The van der Waals surface area contributed by atoms with Gasteiger partial charge in [-0.15, -0.1) is 34.0 Å². The fraction of sp³-hybridized carbons (Fsp3) is 0.0476. The Morgan fingerprint density at radius 1 is 1.10 bits per heavy atom. The number of thiophene rings is 3. The number of carbonyl (C=O) groups excluding carboxylic acids is 1. The van der Waals surface area contributed by atoms with Crippen molar-refractivity contribution in [3.8, 4) is 33.4 Å². The molecule has 0 fully saturated rings. The molecule has 3 N–H and O–H groups in total. The summed E-state index contributed by atoms with van der Waals surface area (Å²) >= 11 is 4.20. The van der Waals surface area contributed by atoms with Gasteiger partial charge in [0.05, 0.1) is 23.2 Å². The minimum Gasteiger partial charge on any atom is -0.497 e. The van der Waals surface area contributed by atoms with E-state index in [1.807, 2.05) is 52.5 Å². The Hall–Kier alpha value is -3.12. The van der Waals surface area contributed by atoms with E-state index in [9.17, 15) is 10.1 Å². The lowest BCUT2D eigenvalue weighted by Crippen LogP contribution is -2.13. The van der Waals surface area contributed by atoms with Gasteiger partial charge in [-0.2, -0.15) is 5.26 Å². The second-order valence-electron chi connectivity index (χ2n) is 6.01. The number of nitrogens with two attached hydrogens (primary N) is 1. The van der Waals surface area contributed by atoms with Crippen molar-refractivity contribution in [3.63, 3.8) is 0 Å². The second kappa shape index (κ2) is 8.09. The topological polar surface area (TPSA) is 88.1 Å². The number of anilines is 2. The van der Waals surface area contributed by atoms with E-state index in [2.05, 4.69) is 11.4 Å². The maximum atomic E-state index is 13.1. The van der Waals surface area contributed by atoms with Crippen LogP contribution in [-0.4, -0.2) is 13.0 Å². The minimum absolute atomic E-state index is 0.328. The Morgan fingerprint density at radius 3 is 2.52 bits per heavy atom. The zero-order valence-corrected chi connectivity index (χ0v) is 17.7. The van der Waals surface area contributed by atoms with Crippen LogP contribution in [0.15, 0.2) is 52.5 Å². The van der Waals surface area contributed by atoms with Crippen LogP contribution in [0.2, 0.25) is 0 Å². The summed E-state index contributed by atoms with van der Waals surface area (Å²) in [4.78, 5) is 14.1. The minimum atomic E-state index is -0.328. The first-order chi connectivity index (χ1) is 14.1. The maximum Gasteiger partial charge on any atom is 0.259 e. The first-order valence-corrected chi connectivity index (χ1v) is 11.1. The number of rotatable bonds is 5. The zero-order chi connectivity index (χ0) is 20.4. The van der Waals surface area contributed by atoms with E-state index < -0.39 is 0 Å². The molecule has 3 heterocycles. The van der Waals surface area contributed by atoms with E-state index in [1.54, 1.807) is 18.4 Å². The van der Waals surface area contributed by atoms with Crippen LogP contribution in [0.25, 0.3) is 21.6 Å². The molecule has 0 aliphatic carbocycles. The van der Waals surface area contributed by atoms with Crippen molar-refractivity contribution in [1.82, 2.24) is 0 Å². The molecule has 0 aliphatic heterocycles. The van der Waals surface area contributed by atoms with Crippen molar-refractivity contribution in [2.45, 2.75) is 0 Å². The molecule has 8 heteroatoms. The molecule has 0 atom stereocenters. The van der Waals surface area contributed by atoms with Crippen molar-refractivity contribution < 1.29 is 9.53 Å². The van der Waals surface area contributed by atoms with Gasteiger partial charge in [0.2, 0.25) is 0 Å². The molecule has 0 spiro atoms. The summed E-state index contributed by atoms with van der Waals surface area (Å²) in [6.45, 7) is 0. The highest BCUT2D eigenvalue weighted by Gasteiger charge is 2.22. The monoisotopic (exact) mass is 437 g/mol. The number of ether oxygens (including phenoxy) is 1. The van der Waals surface area contributed by atoms with Gasteiger partial charge in [0.25, 0.3) is 5.91 Å². The van der Waals surface area contributed by atoms with Crippen molar-refractivity contribution in [2.75, 3.05) is 18.2 Å². The number of hydrogen-bond donors (Lipinski definition) is 2. The molecule has 0 aliphatic rings. The highest BCUT2D eigenvalue weighted by molar-refractivity contribution is 7.17. The molecule has 0 saturated carbocycles. The number of carbonyl (C=O) groups is 1. The fourth-order valence-corrected chi connectivity index (χ4v) is 5.48. The second-order valence-corrected chi connectivity index (χ2v) is 8.75. The van der Waals surface area contributed by atoms with Crippen molar-refractivity contribution in [3.05, 3.63) is 63.7 Å². The molecule has 4 aromatic rings. The normalized spacial score (nSPS) is 10.5. The number of amides is 1. The third-order valence-electron chi connectivity index (χ3n) is 4.36. The summed E-state index contributed by atoms with van der Waals surface area (Å²) in [5.41, 5.74) is 9.44. The third kappa shape index (κ3) is 3.63. The Bertz CT molecular complexity index is 1200. The lowest BCUT2D eigenvalue weighted by molar-refractivity contribution is 0.102. The van der Waals surface area contributed by atoms with E-state index in [4.69, 9.17) is 10.5 Å². The van der Waals surface area contributed by atoms with E-state index in [1.165, 1.54) is 22.7 Å². The van der Waals surface area contributed by atoms with Crippen molar-refractivity contribution in [1.29, 1.82) is 5.26 Å². The van der Waals surface area contributed by atoms with Crippen LogP contribution in [0.5, 0.6) is 5.75 Å². The van der Waals surface area contributed by atoms with Crippen LogP contribution in [-0.2, 0) is 0 Å². The average molecular weight is 438 g/mol. The van der Waals surface area contributed by atoms with Gasteiger partial charge in [0, 0.05) is 26.8 Å². The highest BCUT2D eigenvalue weighted by Crippen LogP contribution is 2.39. The van der Waals surface area contributed by atoms with Crippen LogP contribution in [0.4, 0.5) is 10.0 Å². The molecule has 144 valence electrons. The number of hydrogen-bond acceptors (Lipinski definition) is 7. The number of nitrogens with zero attached hydrogens (tertiary/aromatic N) is 1. The van der Waals surface area contributed by atoms with Crippen molar-refractivity contribution in [2.24, 2.45) is 0 Å². The molecular weight excluding hydrogens is 422 g/mol. The largest absolute Gasteiger partial charge is 0.497 e. The van der Waals surface area contributed by atoms with Gasteiger partial charge in [-0.25, -0.2) is 0 Å². The van der Waals surface area contributed by atoms with Gasteiger partial charge in [0.1, 0.15) is 16.8 Å². The molecule has 5 nitrogen and oxygen atoms in total. The number of nitrogen functional groups attached to an aromatic ring is 1. The smallest absolute Gasteiger partial charge is 0.259 e. The molecule has 1 aromatic carbocycles.